The van der Waals surface area contributed by atoms with Crippen molar-refractivity contribution >= 4 is 5.84 Å². The van der Waals surface area contributed by atoms with Crippen LogP contribution in [-0.2, 0) is 6.54 Å². The van der Waals surface area contributed by atoms with E-state index in [1.54, 1.807) is 6.20 Å². The second-order valence-electron chi connectivity index (χ2n) is 5.53. The number of amidine groups is 1. The molecule has 110 valence electrons. The molecular weight excluding hydrogens is 250 g/mol. The molecule has 1 saturated heterocycles. The fraction of sp³-hybridized carbons (Fsp3) is 0.600. The zero-order valence-corrected chi connectivity index (χ0v) is 12.5. The molecule has 1 aliphatic heterocycles. The van der Waals surface area contributed by atoms with Crippen molar-refractivity contribution in [1.82, 2.24) is 14.8 Å². The fourth-order valence-corrected chi connectivity index (χ4v) is 2.60. The summed E-state index contributed by atoms with van der Waals surface area (Å²) < 4.78 is 0. The third-order valence-corrected chi connectivity index (χ3v) is 4.13. The van der Waals surface area contributed by atoms with Crippen molar-refractivity contribution < 1.29 is 0 Å². The minimum atomic E-state index is 0.0356. The average Bonchev–Trinajstić information content (AvgIpc) is 2.47. The lowest BCUT2D eigenvalue weighted by molar-refractivity contribution is 0.0963. The molecule has 5 heteroatoms. The van der Waals surface area contributed by atoms with E-state index in [9.17, 15) is 0 Å². The van der Waals surface area contributed by atoms with E-state index in [1.165, 1.54) is 12.0 Å². The monoisotopic (exact) mass is 275 g/mol. The zero-order chi connectivity index (χ0) is 14.5. The number of hydrogen-bond donors (Lipinski definition) is 2. The second kappa shape index (κ2) is 6.81. The van der Waals surface area contributed by atoms with Crippen molar-refractivity contribution in [3.63, 3.8) is 0 Å². The molecule has 0 spiro atoms. The van der Waals surface area contributed by atoms with Gasteiger partial charge in [0.2, 0.25) is 0 Å². The number of pyridine rings is 1. The molecule has 0 aromatic carbocycles. The number of nitrogens with one attached hydrogen (secondary N) is 1. The summed E-state index contributed by atoms with van der Waals surface area (Å²) >= 11 is 0. The van der Waals surface area contributed by atoms with Gasteiger partial charge in [-0.2, -0.15) is 0 Å². The number of nitrogen functional groups attached to an aromatic ring is 1. The minimum absolute atomic E-state index is 0.0356. The SMILES string of the molecule is CCC(C)N1CCN(Cc2ccnc(C(=N)N)c2)CC1. The van der Waals surface area contributed by atoms with Crippen LogP contribution >= 0.6 is 0 Å². The molecule has 0 saturated carbocycles. The van der Waals surface area contributed by atoms with Crippen molar-refractivity contribution in [2.24, 2.45) is 5.73 Å². The summed E-state index contributed by atoms with van der Waals surface area (Å²) in [4.78, 5) is 9.12. The maximum absolute atomic E-state index is 7.44. The van der Waals surface area contributed by atoms with Gasteiger partial charge in [-0.3, -0.25) is 20.2 Å². The molecule has 2 rings (SSSR count). The van der Waals surface area contributed by atoms with E-state index >= 15 is 0 Å². The van der Waals surface area contributed by atoms with Gasteiger partial charge in [-0.25, -0.2) is 0 Å². The molecule has 0 radical (unpaired) electrons. The molecule has 0 bridgehead atoms. The molecule has 1 atom stereocenters. The maximum atomic E-state index is 7.44. The number of piperazine rings is 1. The van der Waals surface area contributed by atoms with Crippen LogP contribution in [0.1, 0.15) is 31.5 Å². The van der Waals surface area contributed by atoms with Crippen molar-refractivity contribution in [3.05, 3.63) is 29.6 Å². The topological polar surface area (TPSA) is 69.2 Å². The van der Waals surface area contributed by atoms with E-state index in [2.05, 4.69) is 28.6 Å². The van der Waals surface area contributed by atoms with Crippen LogP contribution in [0, 0.1) is 5.41 Å². The Morgan fingerprint density at radius 3 is 2.70 bits per heavy atom. The molecule has 2 heterocycles. The number of nitrogens with zero attached hydrogens (tertiary/aromatic N) is 3. The van der Waals surface area contributed by atoms with E-state index < -0.39 is 0 Å². The Bertz CT molecular complexity index is 451. The molecule has 20 heavy (non-hydrogen) atoms. The molecule has 1 fully saturated rings. The van der Waals surface area contributed by atoms with E-state index in [0.29, 0.717) is 11.7 Å². The Labute approximate surface area is 121 Å². The van der Waals surface area contributed by atoms with Gasteiger partial charge in [-0.1, -0.05) is 6.92 Å². The first-order chi connectivity index (χ1) is 9.60. The van der Waals surface area contributed by atoms with Crippen molar-refractivity contribution in [2.75, 3.05) is 26.2 Å². The normalized spacial score (nSPS) is 18.9. The van der Waals surface area contributed by atoms with E-state index in [1.807, 2.05) is 12.1 Å². The van der Waals surface area contributed by atoms with Gasteiger partial charge >= 0.3 is 0 Å². The standard InChI is InChI=1S/C15H25N5/c1-3-12(2)20-8-6-19(7-9-20)11-13-4-5-18-14(10-13)15(16)17/h4-5,10,12H,3,6-9,11H2,1-2H3,(H3,16,17). The van der Waals surface area contributed by atoms with Gasteiger partial charge in [0.05, 0.1) is 0 Å². The summed E-state index contributed by atoms with van der Waals surface area (Å²) in [5, 5.41) is 7.44. The van der Waals surface area contributed by atoms with Crippen LogP contribution < -0.4 is 5.73 Å². The van der Waals surface area contributed by atoms with Crippen LogP contribution in [0.15, 0.2) is 18.3 Å². The molecule has 3 N–H and O–H groups in total. The number of rotatable bonds is 5. The average molecular weight is 275 g/mol. The highest BCUT2D eigenvalue weighted by atomic mass is 15.3. The molecule has 1 aliphatic rings. The van der Waals surface area contributed by atoms with Crippen LogP contribution in [0.4, 0.5) is 0 Å². The van der Waals surface area contributed by atoms with Crippen molar-refractivity contribution in [3.8, 4) is 0 Å². The molecule has 5 nitrogen and oxygen atoms in total. The highest BCUT2D eigenvalue weighted by Gasteiger charge is 2.20. The largest absolute Gasteiger partial charge is 0.382 e. The predicted molar refractivity (Wildman–Crippen MR) is 81.9 cm³/mol. The maximum Gasteiger partial charge on any atom is 0.141 e. The van der Waals surface area contributed by atoms with Gasteiger partial charge in [0, 0.05) is 45.0 Å². The Hall–Kier alpha value is -1.46. The summed E-state index contributed by atoms with van der Waals surface area (Å²) in [6, 6.07) is 4.61. The molecule has 1 aromatic rings. The summed E-state index contributed by atoms with van der Waals surface area (Å²) in [6.07, 6.45) is 2.95. The molecular formula is C15H25N5. The minimum Gasteiger partial charge on any atom is -0.382 e. The van der Waals surface area contributed by atoms with Gasteiger partial charge in [0.15, 0.2) is 0 Å². The number of nitrogens with two attached hydrogens (primary N) is 1. The lowest BCUT2D eigenvalue weighted by Gasteiger charge is -2.37. The van der Waals surface area contributed by atoms with E-state index in [4.69, 9.17) is 11.1 Å². The van der Waals surface area contributed by atoms with Gasteiger partial charge in [0.25, 0.3) is 0 Å². The van der Waals surface area contributed by atoms with Crippen LogP contribution in [0.25, 0.3) is 0 Å². The Morgan fingerprint density at radius 1 is 1.40 bits per heavy atom. The lowest BCUT2D eigenvalue weighted by atomic mass is 10.1. The highest BCUT2D eigenvalue weighted by molar-refractivity contribution is 5.93. The van der Waals surface area contributed by atoms with Crippen LogP contribution in [0.5, 0.6) is 0 Å². The molecule has 1 unspecified atom stereocenters. The predicted octanol–water partition coefficient (Wildman–Crippen LogP) is 1.28. The first kappa shape index (κ1) is 14.9. The van der Waals surface area contributed by atoms with Crippen LogP contribution in [0.2, 0.25) is 0 Å². The number of hydrogen-bond acceptors (Lipinski definition) is 4. The van der Waals surface area contributed by atoms with Crippen molar-refractivity contribution in [1.29, 1.82) is 5.41 Å². The van der Waals surface area contributed by atoms with Crippen LogP contribution in [0.3, 0.4) is 0 Å². The van der Waals surface area contributed by atoms with Gasteiger partial charge in [-0.15, -0.1) is 0 Å². The Morgan fingerprint density at radius 2 is 2.10 bits per heavy atom. The smallest absolute Gasteiger partial charge is 0.141 e. The van der Waals surface area contributed by atoms with Crippen LogP contribution in [-0.4, -0.2) is 52.8 Å². The van der Waals surface area contributed by atoms with E-state index in [-0.39, 0.29) is 5.84 Å². The summed E-state index contributed by atoms with van der Waals surface area (Å²) in [5.74, 6) is 0.0356. The Kier molecular flexibility index (Phi) is 5.09. The van der Waals surface area contributed by atoms with Crippen molar-refractivity contribution in [2.45, 2.75) is 32.9 Å². The number of aromatic nitrogens is 1. The highest BCUT2D eigenvalue weighted by Crippen LogP contribution is 2.12. The third-order valence-electron chi connectivity index (χ3n) is 4.13. The fourth-order valence-electron chi connectivity index (χ4n) is 2.60. The van der Waals surface area contributed by atoms with Gasteiger partial charge < -0.3 is 5.73 Å². The zero-order valence-electron chi connectivity index (χ0n) is 12.5. The van der Waals surface area contributed by atoms with E-state index in [0.717, 1.165) is 32.7 Å². The summed E-state index contributed by atoms with van der Waals surface area (Å²) in [7, 11) is 0. The third kappa shape index (κ3) is 3.77. The quantitative estimate of drug-likeness (QED) is 0.627. The second-order valence-corrected chi connectivity index (χ2v) is 5.53. The van der Waals surface area contributed by atoms with Gasteiger partial charge in [-0.05, 0) is 31.0 Å². The lowest BCUT2D eigenvalue weighted by Crippen LogP contribution is -2.49. The Balaban J connectivity index is 1.89. The molecule has 0 amide bonds. The molecule has 1 aromatic heterocycles. The molecule has 0 aliphatic carbocycles. The summed E-state index contributed by atoms with van der Waals surface area (Å²) in [5.41, 5.74) is 7.24. The first-order valence-corrected chi connectivity index (χ1v) is 7.36. The first-order valence-electron chi connectivity index (χ1n) is 7.36. The van der Waals surface area contributed by atoms with Gasteiger partial charge in [0.1, 0.15) is 11.5 Å². The summed E-state index contributed by atoms with van der Waals surface area (Å²) in [6.45, 7) is 9.94.